The van der Waals surface area contributed by atoms with Crippen molar-refractivity contribution in [3.05, 3.63) is 42.2 Å². The van der Waals surface area contributed by atoms with Gasteiger partial charge in [-0.25, -0.2) is 4.98 Å². The number of furan rings is 1. The first kappa shape index (κ1) is 12.7. The van der Waals surface area contributed by atoms with Crippen LogP contribution in [0.5, 0.6) is 0 Å². The number of benzene rings is 1. The van der Waals surface area contributed by atoms with E-state index >= 15 is 0 Å². The van der Waals surface area contributed by atoms with Gasteiger partial charge in [0, 0.05) is 12.0 Å². The molecule has 0 saturated carbocycles. The summed E-state index contributed by atoms with van der Waals surface area (Å²) in [6.07, 6.45) is 2.11. The molecule has 0 aliphatic heterocycles. The molecule has 4 nitrogen and oxygen atoms in total. The maximum Gasteiger partial charge on any atom is 0.263 e. The third kappa shape index (κ3) is 2.37. The molecule has 0 radical (unpaired) electrons. The molecule has 0 amide bonds. The molecule has 0 unspecified atom stereocenters. The van der Waals surface area contributed by atoms with Crippen LogP contribution in [0.4, 0.5) is 0 Å². The van der Waals surface area contributed by atoms with E-state index in [1.165, 1.54) is 0 Å². The molecule has 102 valence electrons. The third-order valence-corrected chi connectivity index (χ3v) is 3.04. The summed E-state index contributed by atoms with van der Waals surface area (Å²) in [5.41, 5.74) is 1.99. The van der Waals surface area contributed by atoms with Gasteiger partial charge in [0.25, 0.3) is 5.89 Å². The number of hydrogen-bond acceptors (Lipinski definition) is 4. The van der Waals surface area contributed by atoms with E-state index in [1.807, 2.05) is 13.8 Å². The predicted molar refractivity (Wildman–Crippen MR) is 75.5 cm³/mol. The largest absolute Gasteiger partial charge is 0.459 e. The van der Waals surface area contributed by atoms with E-state index in [0.717, 1.165) is 0 Å². The number of carbonyl (C=O) groups is 1. The van der Waals surface area contributed by atoms with Crippen molar-refractivity contribution in [3.63, 3.8) is 0 Å². The van der Waals surface area contributed by atoms with Gasteiger partial charge in [-0.2, -0.15) is 0 Å². The number of ketones is 1. The Morgan fingerprint density at radius 3 is 2.85 bits per heavy atom. The molecule has 0 fully saturated rings. The Kier molecular flexibility index (Phi) is 3.14. The molecule has 2 heterocycles. The predicted octanol–water partition coefficient (Wildman–Crippen LogP) is 4.32. The molecule has 0 spiro atoms. The Morgan fingerprint density at radius 1 is 1.30 bits per heavy atom. The molecule has 3 aromatic rings. The molecule has 0 bridgehead atoms. The minimum atomic E-state index is 0.129. The van der Waals surface area contributed by atoms with Gasteiger partial charge in [-0.3, -0.25) is 4.79 Å². The number of fused-ring (bicyclic) bond motifs is 1. The lowest BCUT2D eigenvalue weighted by molar-refractivity contribution is 0.0968. The second-order valence-corrected chi connectivity index (χ2v) is 5.20. The van der Waals surface area contributed by atoms with Crippen LogP contribution in [0.3, 0.4) is 0 Å². The number of oxazole rings is 1. The number of carbonyl (C=O) groups excluding carboxylic acids is 1. The SMILES string of the molecule is CC(C)CC(=O)c1ccc2oc(-c3ccco3)nc2c1. The van der Waals surface area contributed by atoms with E-state index in [-0.39, 0.29) is 5.78 Å². The van der Waals surface area contributed by atoms with Gasteiger partial charge in [-0.15, -0.1) is 0 Å². The lowest BCUT2D eigenvalue weighted by Gasteiger charge is -2.03. The van der Waals surface area contributed by atoms with Crippen molar-refractivity contribution in [2.75, 3.05) is 0 Å². The minimum absolute atomic E-state index is 0.129. The Labute approximate surface area is 116 Å². The fraction of sp³-hybridized carbons (Fsp3) is 0.250. The second kappa shape index (κ2) is 4.96. The van der Waals surface area contributed by atoms with Crippen molar-refractivity contribution in [1.82, 2.24) is 4.98 Å². The normalized spacial score (nSPS) is 11.3. The van der Waals surface area contributed by atoms with Gasteiger partial charge >= 0.3 is 0 Å². The average Bonchev–Trinajstić information content (AvgIpc) is 3.05. The maximum absolute atomic E-state index is 12.1. The zero-order valence-corrected chi connectivity index (χ0v) is 11.4. The van der Waals surface area contributed by atoms with Gasteiger partial charge in [0.1, 0.15) is 5.52 Å². The van der Waals surface area contributed by atoms with E-state index in [2.05, 4.69) is 4.98 Å². The van der Waals surface area contributed by atoms with E-state index in [1.54, 1.807) is 36.6 Å². The number of Topliss-reactive ketones (excluding diaryl/α,β-unsaturated/α-hetero) is 1. The molecule has 3 rings (SSSR count). The van der Waals surface area contributed by atoms with Crippen molar-refractivity contribution < 1.29 is 13.6 Å². The molecule has 20 heavy (non-hydrogen) atoms. The summed E-state index contributed by atoms with van der Waals surface area (Å²) in [6.45, 7) is 4.06. The molecule has 0 saturated heterocycles. The summed E-state index contributed by atoms with van der Waals surface area (Å²) >= 11 is 0. The van der Waals surface area contributed by atoms with Crippen LogP contribution in [-0.4, -0.2) is 10.8 Å². The summed E-state index contributed by atoms with van der Waals surface area (Å²) in [7, 11) is 0. The Balaban J connectivity index is 1.97. The van der Waals surface area contributed by atoms with E-state index in [4.69, 9.17) is 8.83 Å². The van der Waals surface area contributed by atoms with Crippen LogP contribution in [0.15, 0.2) is 45.4 Å². The first-order chi connectivity index (χ1) is 9.63. The molecule has 0 atom stereocenters. The summed E-state index contributed by atoms with van der Waals surface area (Å²) < 4.78 is 10.9. The topological polar surface area (TPSA) is 56.2 Å². The highest BCUT2D eigenvalue weighted by molar-refractivity contribution is 5.98. The van der Waals surface area contributed by atoms with Crippen molar-refractivity contribution in [3.8, 4) is 11.7 Å². The van der Waals surface area contributed by atoms with Gasteiger partial charge in [0.2, 0.25) is 0 Å². The third-order valence-electron chi connectivity index (χ3n) is 3.04. The molecular formula is C16H15NO3. The molecule has 0 N–H and O–H groups in total. The Morgan fingerprint density at radius 2 is 2.15 bits per heavy atom. The van der Waals surface area contributed by atoms with Crippen molar-refractivity contribution >= 4 is 16.9 Å². The second-order valence-electron chi connectivity index (χ2n) is 5.20. The first-order valence-corrected chi connectivity index (χ1v) is 6.61. The monoisotopic (exact) mass is 269 g/mol. The zero-order valence-electron chi connectivity index (χ0n) is 11.4. The zero-order chi connectivity index (χ0) is 14.1. The van der Waals surface area contributed by atoms with Crippen LogP contribution in [0.2, 0.25) is 0 Å². The summed E-state index contributed by atoms with van der Waals surface area (Å²) in [6, 6.07) is 8.90. The lowest BCUT2D eigenvalue weighted by Crippen LogP contribution is -2.03. The maximum atomic E-state index is 12.1. The fourth-order valence-electron chi connectivity index (χ4n) is 2.10. The van der Waals surface area contributed by atoms with Crippen molar-refractivity contribution in [2.24, 2.45) is 5.92 Å². The Hall–Kier alpha value is -2.36. The number of nitrogens with zero attached hydrogens (tertiary/aromatic N) is 1. The van der Waals surface area contributed by atoms with Gasteiger partial charge in [-0.1, -0.05) is 13.8 Å². The van der Waals surface area contributed by atoms with Crippen LogP contribution in [0.25, 0.3) is 22.8 Å². The summed E-state index contributed by atoms with van der Waals surface area (Å²) in [5.74, 6) is 1.48. The molecule has 2 aromatic heterocycles. The van der Waals surface area contributed by atoms with Crippen LogP contribution < -0.4 is 0 Å². The Bertz CT molecular complexity index is 738. The van der Waals surface area contributed by atoms with Gasteiger partial charge in [-0.05, 0) is 36.2 Å². The smallest absolute Gasteiger partial charge is 0.263 e. The molecule has 1 aromatic carbocycles. The quantitative estimate of drug-likeness (QED) is 0.662. The lowest BCUT2D eigenvalue weighted by atomic mass is 10.0. The summed E-state index contributed by atoms with van der Waals surface area (Å²) in [4.78, 5) is 16.4. The number of rotatable bonds is 4. The van der Waals surface area contributed by atoms with Crippen LogP contribution in [-0.2, 0) is 0 Å². The molecule has 4 heteroatoms. The highest BCUT2D eigenvalue weighted by Crippen LogP contribution is 2.25. The van der Waals surface area contributed by atoms with Crippen molar-refractivity contribution in [1.29, 1.82) is 0 Å². The highest BCUT2D eigenvalue weighted by Gasteiger charge is 2.13. The van der Waals surface area contributed by atoms with Gasteiger partial charge in [0.05, 0.1) is 6.26 Å². The van der Waals surface area contributed by atoms with Gasteiger partial charge in [0.15, 0.2) is 17.1 Å². The highest BCUT2D eigenvalue weighted by atomic mass is 16.4. The molecular weight excluding hydrogens is 254 g/mol. The van der Waals surface area contributed by atoms with E-state index in [0.29, 0.717) is 40.7 Å². The number of hydrogen-bond donors (Lipinski definition) is 0. The van der Waals surface area contributed by atoms with E-state index in [9.17, 15) is 4.79 Å². The van der Waals surface area contributed by atoms with Crippen molar-refractivity contribution in [2.45, 2.75) is 20.3 Å². The fourth-order valence-corrected chi connectivity index (χ4v) is 2.10. The van der Waals surface area contributed by atoms with Crippen LogP contribution in [0, 0.1) is 5.92 Å². The standard InChI is InChI=1S/C16H15NO3/c1-10(2)8-13(18)11-5-6-14-12(9-11)17-16(20-14)15-4-3-7-19-15/h3-7,9-10H,8H2,1-2H3. The van der Waals surface area contributed by atoms with E-state index < -0.39 is 0 Å². The first-order valence-electron chi connectivity index (χ1n) is 6.61. The van der Waals surface area contributed by atoms with Crippen LogP contribution >= 0.6 is 0 Å². The minimum Gasteiger partial charge on any atom is -0.459 e. The average molecular weight is 269 g/mol. The van der Waals surface area contributed by atoms with Crippen LogP contribution in [0.1, 0.15) is 30.6 Å². The number of aromatic nitrogens is 1. The molecule has 0 aliphatic rings. The van der Waals surface area contributed by atoms with Gasteiger partial charge < -0.3 is 8.83 Å². The summed E-state index contributed by atoms with van der Waals surface area (Å²) in [5, 5.41) is 0. The molecule has 0 aliphatic carbocycles.